The largest absolute Gasteiger partial charge is 0.411 e. The topological polar surface area (TPSA) is 55.6 Å². The third-order valence-corrected chi connectivity index (χ3v) is 2.51. The fraction of sp³-hybridized carbons (Fsp3) is 0.900. The Morgan fingerprint density at radius 3 is 2.29 bits per heavy atom. The van der Waals surface area contributed by atoms with E-state index < -0.39 is 18.3 Å². The third kappa shape index (κ3) is 6.48. The van der Waals surface area contributed by atoms with E-state index in [1.165, 1.54) is 4.90 Å². The zero-order valence-corrected chi connectivity index (χ0v) is 10.3. The summed E-state index contributed by atoms with van der Waals surface area (Å²) in [6.07, 6.45) is -4.44. The van der Waals surface area contributed by atoms with Crippen LogP contribution in [0.15, 0.2) is 0 Å². The van der Waals surface area contributed by atoms with E-state index in [2.05, 4.69) is 4.74 Å². The molecule has 0 aromatic carbocycles. The Morgan fingerprint density at radius 2 is 1.88 bits per heavy atom. The van der Waals surface area contributed by atoms with Crippen LogP contribution in [0, 0.1) is 0 Å². The first kappa shape index (κ1) is 16.2. The van der Waals surface area contributed by atoms with Gasteiger partial charge in [0.25, 0.3) is 0 Å². The van der Waals surface area contributed by atoms with Gasteiger partial charge in [0, 0.05) is 19.1 Å². The molecule has 0 unspecified atom stereocenters. The summed E-state index contributed by atoms with van der Waals surface area (Å²) in [5, 5.41) is 0. The van der Waals surface area contributed by atoms with Crippen LogP contribution in [-0.2, 0) is 9.53 Å². The van der Waals surface area contributed by atoms with E-state index in [1.807, 2.05) is 0 Å². The maximum absolute atomic E-state index is 11.7. The number of rotatable bonds is 6. The summed E-state index contributed by atoms with van der Waals surface area (Å²) in [6, 6.07) is 0. The number of ether oxygens (including phenoxy) is 1. The van der Waals surface area contributed by atoms with Crippen molar-refractivity contribution in [3.63, 3.8) is 0 Å². The smallest absolute Gasteiger partial charge is 0.372 e. The first-order valence-corrected chi connectivity index (χ1v) is 5.21. The van der Waals surface area contributed by atoms with Crippen molar-refractivity contribution in [2.45, 2.75) is 32.0 Å². The lowest BCUT2D eigenvalue weighted by molar-refractivity contribution is -0.175. The fourth-order valence-corrected chi connectivity index (χ4v) is 0.990. The molecule has 7 heteroatoms. The molecule has 0 radical (unpaired) electrons. The van der Waals surface area contributed by atoms with Gasteiger partial charge in [0.15, 0.2) is 0 Å². The summed E-state index contributed by atoms with van der Waals surface area (Å²) in [5.41, 5.74) is 4.97. The Morgan fingerprint density at radius 1 is 1.35 bits per heavy atom. The molecule has 0 bridgehead atoms. The van der Waals surface area contributed by atoms with E-state index in [9.17, 15) is 18.0 Å². The molecular formula is C10H19F3N2O2. The van der Waals surface area contributed by atoms with Gasteiger partial charge in [-0.25, -0.2) is 0 Å². The minimum absolute atomic E-state index is 0.0873. The quantitative estimate of drug-likeness (QED) is 0.725. The van der Waals surface area contributed by atoms with E-state index in [-0.39, 0.29) is 25.5 Å². The lowest BCUT2D eigenvalue weighted by atomic mass is 10.0. The Hall–Kier alpha value is -0.820. The highest BCUT2D eigenvalue weighted by Crippen LogP contribution is 2.15. The van der Waals surface area contributed by atoms with Crippen molar-refractivity contribution >= 4 is 5.91 Å². The number of nitrogens with two attached hydrogens (primary N) is 1. The van der Waals surface area contributed by atoms with Crippen LogP contribution in [-0.4, -0.2) is 49.3 Å². The zero-order chi connectivity index (χ0) is 13.7. The van der Waals surface area contributed by atoms with Gasteiger partial charge < -0.3 is 15.4 Å². The molecule has 0 aromatic heterocycles. The summed E-state index contributed by atoms with van der Waals surface area (Å²) < 4.78 is 39.6. The lowest BCUT2D eigenvalue weighted by Gasteiger charge is -2.34. The summed E-state index contributed by atoms with van der Waals surface area (Å²) in [5.74, 6) is -0.289. The second-order valence-corrected chi connectivity index (χ2v) is 4.39. The molecule has 0 aliphatic carbocycles. The Labute approximate surface area is 98.9 Å². The van der Waals surface area contributed by atoms with Crippen molar-refractivity contribution in [2.75, 3.05) is 26.8 Å². The predicted octanol–water partition coefficient (Wildman–Crippen LogP) is 1.15. The predicted molar refractivity (Wildman–Crippen MR) is 57.4 cm³/mol. The number of carbonyl (C=O) groups is 1. The van der Waals surface area contributed by atoms with Gasteiger partial charge in [-0.3, -0.25) is 4.79 Å². The van der Waals surface area contributed by atoms with Gasteiger partial charge in [0.05, 0.1) is 13.0 Å². The van der Waals surface area contributed by atoms with Crippen molar-refractivity contribution < 1.29 is 22.7 Å². The molecule has 1 amide bonds. The third-order valence-electron chi connectivity index (χ3n) is 2.51. The Balaban J connectivity index is 3.95. The minimum atomic E-state index is -4.36. The molecule has 4 nitrogen and oxygen atoms in total. The van der Waals surface area contributed by atoms with Gasteiger partial charge >= 0.3 is 6.18 Å². The standard InChI is InChI=1S/C10H19F3N2O2/c1-9(2,6-14)15(3)8(16)4-5-17-7-10(11,12)13/h4-7,14H2,1-3H3. The van der Waals surface area contributed by atoms with Crippen molar-refractivity contribution in [2.24, 2.45) is 5.73 Å². The van der Waals surface area contributed by atoms with Gasteiger partial charge in [0.1, 0.15) is 6.61 Å². The summed E-state index contributed by atoms with van der Waals surface area (Å²) in [7, 11) is 1.57. The fourth-order valence-electron chi connectivity index (χ4n) is 0.990. The number of halogens is 3. The van der Waals surface area contributed by atoms with Crippen LogP contribution in [0.2, 0.25) is 0 Å². The van der Waals surface area contributed by atoms with E-state index in [4.69, 9.17) is 5.73 Å². The normalized spacial score (nSPS) is 12.6. The highest BCUT2D eigenvalue weighted by Gasteiger charge is 2.28. The summed E-state index contributed by atoms with van der Waals surface area (Å²) >= 11 is 0. The van der Waals surface area contributed by atoms with Gasteiger partial charge in [-0.1, -0.05) is 0 Å². The van der Waals surface area contributed by atoms with Crippen LogP contribution in [0.3, 0.4) is 0 Å². The number of likely N-dealkylation sites (N-methyl/N-ethyl adjacent to an activating group) is 1. The summed E-state index contributed by atoms with van der Waals surface area (Å²) in [6.45, 7) is 2.26. The van der Waals surface area contributed by atoms with Gasteiger partial charge in [-0.2, -0.15) is 13.2 Å². The van der Waals surface area contributed by atoms with E-state index in [0.29, 0.717) is 0 Å². The molecule has 102 valence electrons. The van der Waals surface area contributed by atoms with Crippen LogP contribution < -0.4 is 5.73 Å². The average Bonchev–Trinajstić information content (AvgIpc) is 2.21. The Kier molecular flexibility index (Phi) is 5.91. The van der Waals surface area contributed by atoms with Gasteiger partial charge in [-0.05, 0) is 13.8 Å². The zero-order valence-electron chi connectivity index (χ0n) is 10.3. The molecule has 0 saturated carbocycles. The monoisotopic (exact) mass is 256 g/mol. The van der Waals surface area contributed by atoms with Crippen LogP contribution in [0.1, 0.15) is 20.3 Å². The van der Waals surface area contributed by atoms with Crippen LogP contribution in [0.4, 0.5) is 13.2 Å². The molecule has 0 aliphatic rings. The molecule has 0 heterocycles. The number of hydrogen-bond acceptors (Lipinski definition) is 3. The van der Waals surface area contributed by atoms with Crippen LogP contribution in [0.25, 0.3) is 0 Å². The molecule has 0 fully saturated rings. The van der Waals surface area contributed by atoms with E-state index in [1.54, 1.807) is 20.9 Å². The molecule has 0 aliphatic heterocycles. The number of carbonyl (C=O) groups excluding carboxylic acids is 1. The molecule has 0 atom stereocenters. The van der Waals surface area contributed by atoms with Gasteiger partial charge in [-0.15, -0.1) is 0 Å². The van der Waals surface area contributed by atoms with Gasteiger partial charge in [0.2, 0.25) is 5.91 Å². The average molecular weight is 256 g/mol. The highest BCUT2D eigenvalue weighted by atomic mass is 19.4. The molecule has 2 N–H and O–H groups in total. The van der Waals surface area contributed by atoms with E-state index in [0.717, 1.165) is 0 Å². The van der Waals surface area contributed by atoms with E-state index >= 15 is 0 Å². The maximum Gasteiger partial charge on any atom is 0.411 e. The summed E-state index contributed by atoms with van der Waals surface area (Å²) in [4.78, 5) is 13.0. The molecule has 0 spiro atoms. The molecular weight excluding hydrogens is 237 g/mol. The number of nitrogens with zero attached hydrogens (tertiary/aromatic N) is 1. The first-order chi connectivity index (χ1) is 7.60. The minimum Gasteiger partial charge on any atom is -0.372 e. The lowest BCUT2D eigenvalue weighted by Crippen LogP contribution is -2.50. The number of hydrogen-bond donors (Lipinski definition) is 1. The number of amides is 1. The maximum atomic E-state index is 11.7. The molecule has 0 rings (SSSR count). The first-order valence-electron chi connectivity index (χ1n) is 5.21. The molecule has 17 heavy (non-hydrogen) atoms. The second-order valence-electron chi connectivity index (χ2n) is 4.39. The van der Waals surface area contributed by atoms with Crippen LogP contribution >= 0.6 is 0 Å². The Bertz CT molecular complexity index is 254. The number of alkyl halides is 3. The highest BCUT2D eigenvalue weighted by molar-refractivity contribution is 5.76. The molecule has 0 saturated heterocycles. The van der Waals surface area contributed by atoms with Crippen molar-refractivity contribution in [3.8, 4) is 0 Å². The van der Waals surface area contributed by atoms with Crippen molar-refractivity contribution in [3.05, 3.63) is 0 Å². The van der Waals surface area contributed by atoms with Crippen molar-refractivity contribution in [1.82, 2.24) is 4.90 Å². The SMILES string of the molecule is CN(C(=O)CCOCC(F)(F)F)C(C)(C)CN. The van der Waals surface area contributed by atoms with Crippen molar-refractivity contribution in [1.29, 1.82) is 0 Å². The van der Waals surface area contributed by atoms with Crippen LogP contribution in [0.5, 0.6) is 0 Å². The second kappa shape index (κ2) is 6.20. The molecule has 0 aromatic rings.